The summed E-state index contributed by atoms with van der Waals surface area (Å²) in [4.78, 5) is 6.21. The minimum absolute atomic E-state index is 0.240. The quantitative estimate of drug-likeness (QED) is 0.335. The average Bonchev–Trinajstić information content (AvgIpc) is 3.55. The number of nitrogens with one attached hydrogen (secondary N) is 2. The molecule has 0 unspecified atom stereocenters. The molecular weight excluding hydrogens is 402 g/mol. The van der Waals surface area contributed by atoms with Gasteiger partial charge in [-0.3, -0.25) is 0 Å². The number of nitrogens with zero attached hydrogens (tertiary/aromatic N) is 1. The molecule has 3 aromatic heterocycles. The van der Waals surface area contributed by atoms with Crippen LogP contribution in [0.4, 0.5) is 0 Å². The molecule has 0 saturated carbocycles. The van der Waals surface area contributed by atoms with E-state index in [1.165, 1.54) is 11.3 Å². The Morgan fingerprint density at radius 1 is 0.606 bits per heavy atom. The largest absolute Gasteiger partial charge is 0.367 e. The Hall–Kier alpha value is -2.16. The van der Waals surface area contributed by atoms with Crippen LogP contribution in [0.5, 0.6) is 0 Å². The summed E-state index contributed by atoms with van der Waals surface area (Å²) in [5.74, 6) is 0. The Morgan fingerprint density at radius 2 is 1.09 bits per heavy atom. The van der Waals surface area contributed by atoms with E-state index in [0.29, 0.717) is 5.41 Å². The summed E-state index contributed by atoms with van der Waals surface area (Å²) in [7, 11) is 0. The van der Waals surface area contributed by atoms with Crippen molar-refractivity contribution in [2.75, 3.05) is 0 Å². The van der Waals surface area contributed by atoms with Gasteiger partial charge in [0.25, 0.3) is 0 Å². The molecule has 3 aromatic rings. The summed E-state index contributed by atoms with van der Waals surface area (Å²) in [6.07, 6.45) is 10.1. The second-order valence-electron chi connectivity index (χ2n) is 9.94. The summed E-state index contributed by atoms with van der Waals surface area (Å²) >= 11 is 0. The van der Waals surface area contributed by atoms with Crippen molar-refractivity contribution in [3.05, 3.63) is 72.6 Å². The summed E-state index contributed by atoms with van der Waals surface area (Å²) in [6, 6.07) is 10.3. The van der Waals surface area contributed by atoms with Crippen molar-refractivity contribution in [1.82, 2.24) is 14.5 Å². The second-order valence-corrected chi connectivity index (χ2v) is 9.94. The topological polar surface area (TPSA) is 36.5 Å². The SMILES string of the molecule is CC.CC.CC.CC(C)(C)c1cc[nH]c1.CC(C)(C)c1ccc[nH]1.CC(C)(C)n1cccc1. The van der Waals surface area contributed by atoms with E-state index >= 15 is 0 Å². The molecule has 0 aliphatic heterocycles. The van der Waals surface area contributed by atoms with Gasteiger partial charge in [-0.05, 0) is 62.1 Å². The van der Waals surface area contributed by atoms with Crippen molar-refractivity contribution >= 4 is 0 Å². The zero-order chi connectivity index (χ0) is 26.7. The Kier molecular flexibility index (Phi) is 19.6. The first-order valence-corrected chi connectivity index (χ1v) is 12.7. The maximum atomic E-state index is 3.18. The van der Waals surface area contributed by atoms with Crippen molar-refractivity contribution in [3.63, 3.8) is 0 Å². The normalized spacial score (nSPS) is 10.3. The Bertz CT molecular complexity index is 607. The number of H-pyrrole nitrogens is 2. The van der Waals surface area contributed by atoms with Gasteiger partial charge in [0.1, 0.15) is 0 Å². The molecule has 0 fully saturated rings. The molecule has 0 saturated heterocycles. The molecular formula is C30H57N3. The van der Waals surface area contributed by atoms with Crippen LogP contribution in [0.25, 0.3) is 0 Å². The number of hydrogen-bond donors (Lipinski definition) is 2. The fourth-order valence-electron chi connectivity index (χ4n) is 2.37. The van der Waals surface area contributed by atoms with E-state index in [0.717, 1.165) is 0 Å². The van der Waals surface area contributed by atoms with Gasteiger partial charge in [-0.2, -0.15) is 0 Å². The Labute approximate surface area is 207 Å². The number of aromatic nitrogens is 3. The molecule has 0 amide bonds. The van der Waals surface area contributed by atoms with Gasteiger partial charge in [0.05, 0.1) is 0 Å². The van der Waals surface area contributed by atoms with Crippen LogP contribution in [-0.4, -0.2) is 14.5 Å². The van der Waals surface area contributed by atoms with Crippen LogP contribution in [0, 0.1) is 0 Å². The van der Waals surface area contributed by atoms with Crippen LogP contribution >= 0.6 is 0 Å². The monoisotopic (exact) mass is 459 g/mol. The third-order valence-corrected chi connectivity index (χ3v) is 4.25. The molecule has 3 rings (SSSR count). The third kappa shape index (κ3) is 17.0. The minimum Gasteiger partial charge on any atom is -0.367 e. The molecule has 0 spiro atoms. The van der Waals surface area contributed by atoms with E-state index in [4.69, 9.17) is 0 Å². The third-order valence-electron chi connectivity index (χ3n) is 4.25. The summed E-state index contributed by atoms with van der Waals surface area (Å²) < 4.78 is 2.19. The van der Waals surface area contributed by atoms with Crippen LogP contribution in [0.2, 0.25) is 0 Å². The van der Waals surface area contributed by atoms with Crippen LogP contribution < -0.4 is 0 Å². The first kappa shape index (κ1) is 35.4. The van der Waals surface area contributed by atoms with Gasteiger partial charge in [0, 0.05) is 47.6 Å². The lowest BCUT2D eigenvalue weighted by Crippen LogP contribution is -2.19. The first-order valence-electron chi connectivity index (χ1n) is 12.7. The second kappa shape index (κ2) is 18.3. The van der Waals surface area contributed by atoms with Crippen LogP contribution in [0.3, 0.4) is 0 Å². The Morgan fingerprint density at radius 3 is 1.27 bits per heavy atom. The van der Waals surface area contributed by atoms with Gasteiger partial charge in [0.2, 0.25) is 0 Å². The molecule has 2 N–H and O–H groups in total. The smallest absolute Gasteiger partial charge is 0.0355 e. The first-order chi connectivity index (χ1) is 15.3. The van der Waals surface area contributed by atoms with Crippen LogP contribution in [-0.2, 0) is 16.4 Å². The van der Waals surface area contributed by atoms with Gasteiger partial charge in [-0.1, -0.05) is 83.1 Å². The number of aromatic amines is 2. The van der Waals surface area contributed by atoms with Crippen molar-refractivity contribution in [1.29, 1.82) is 0 Å². The molecule has 192 valence electrons. The van der Waals surface area contributed by atoms with E-state index < -0.39 is 0 Å². The molecule has 3 nitrogen and oxygen atoms in total. The van der Waals surface area contributed by atoms with E-state index in [9.17, 15) is 0 Å². The standard InChI is InChI=1S/3C8H13N.3C2H6/c1-8(2,3)7-4-5-9-6-7;1-8(2,3)9-6-4-5-7-9;1-8(2,3)7-5-4-6-9-7;3*1-2/h4-6,9H,1-3H3;4-7H,1-3H3;4-6,9H,1-3H3;3*1-2H3. The zero-order valence-electron chi connectivity index (χ0n) is 24.7. The molecule has 3 heterocycles. The van der Waals surface area contributed by atoms with Crippen molar-refractivity contribution in [2.45, 2.75) is 120 Å². The maximum absolute atomic E-state index is 3.18. The lowest BCUT2D eigenvalue weighted by Gasteiger charge is -2.20. The average molecular weight is 460 g/mol. The highest BCUT2D eigenvalue weighted by Gasteiger charge is 2.13. The summed E-state index contributed by atoms with van der Waals surface area (Å²) in [5, 5.41) is 0. The van der Waals surface area contributed by atoms with E-state index in [2.05, 4.69) is 101 Å². The van der Waals surface area contributed by atoms with Gasteiger partial charge in [0.15, 0.2) is 0 Å². The molecule has 0 atom stereocenters. The predicted molar refractivity (Wildman–Crippen MR) is 152 cm³/mol. The lowest BCUT2D eigenvalue weighted by molar-refractivity contribution is 0.398. The van der Waals surface area contributed by atoms with E-state index in [1.807, 2.05) is 78.3 Å². The fraction of sp³-hybridized carbons (Fsp3) is 0.600. The van der Waals surface area contributed by atoms with Gasteiger partial charge in [-0.25, -0.2) is 0 Å². The highest BCUT2D eigenvalue weighted by atomic mass is 15.0. The van der Waals surface area contributed by atoms with E-state index in [-0.39, 0.29) is 11.0 Å². The molecule has 33 heavy (non-hydrogen) atoms. The maximum Gasteiger partial charge on any atom is 0.0355 e. The van der Waals surface area contributed by atoms with Crippen molar-refractivity contribution in [3.8, 4) is 0 Å². The number of rotatable bonds is 0. The van der Waals surface area contributed by atoms with E-state index in [1.54, 1.807) is 0 Å². The number of hydrogen-bond acceptors (Lipinski definition) is 0. The van der Waals surface area contributed by atoms with Crippen LogP contribution in [0.15, 0.2) is 61.3 Å². The molecule has 0 radical (unpaired) electrons. The van der Waals surface area contributed by atoms with Gasteiger partial charge < -0.3 is 14.5 Å². The van der Waals surface area contributed by atoms with Gasteiger partial charge in [-0.15, -0.1) is 0 Å². The molecule has 0 aliphatic rings. The highest BCUT2D eigenvalue weighted by molar-refractivity contribution is 5.17. The summed E-state index contributed by atoms with van der Waals surface area (Å²) in [5.41, 5.74) is 3.46. The molecule has 0 aromatic carbocycles. The fourth-order valence-corrected chi connectivity index (χ4v) is 2.37. The van der Waals surface area contributed by atoms with Crippen LogP contribution in [0.1, 0.15) is 115 Å². The highest BCUT2D eigenvalue weighted by Crippen LogP contribution is 2.20. The predicted octanol–water partition coefficient (Wildman–Crippen LogP) is 9.95. The zero-order valence-corrected chi connectivity index (χ0v) is 24.7. The van der Waals surface area contributed by atoms with Gasteiger partial charge >= 0.3 is 0 Å². The minimum atomic E-state index is 0.240. The Balaban J connectivity index is -0.000000367. The molecule has 0 bridgehead atoms. The molecule has 3 heteroatoms. The van der Waals surface area contributed by atoms with Crippen molar-refractivity contribution < 1.29 is 0 Å². The molecule has 0 aliphatic carbocycles. The summed E-state index contributed by atoms with van der Waals surface area (Å²) in [6.45, 7) is 31.8. The lowest BCUT2D eigenvalue weighted by atomic mass is 9.89. The van der Waals surface area contributed by atoms with Crippen molar-refractivity contribution in [2.24, 2.45) is 0 Å².